The Balaban J connectivity index is 2.45. The molecule has 1 atom stereocenters. The van der Waals surface area contributed by atoms with E-state index in [0.717, 1.165) is 15.7 Å². The zero-order valence-electron chi connectivity index (χ0n) is 10.3. The summed E-state index contributed by atoms with van der Waals surface area (Å²) in [5.41, 5.74) is 7.80. The van der Waals surface area contributed by atoms with Gasteiger partial charge in [0.25, 0.3) is 0 Å². The van der Waals surface area contributed by atoms with Gasteiger partial charge in [-0.25, -0.2) is 4.39 Å². The van der Waals surface area contributed by atoms with Crippen LogP contribution in [0.3, 0.4) is 0 Å². The Kier molecular flexibility index (Phi) is 3.82. The molecule has 0 aliphatic heterocycles. The van der Waals surface area contributed by atoms with Gasteiger partial charge < -0.3 is 5.73 Å². The van der Waals surface area contributed by atoms with E-state index in [4.69, 9.17) is 5.73 Å². The lowest BCUT2D eigenvalue weighted by atomic mass is 10.0. The van der Waals surface area contributed by atoms with Crippen LogP contribution in [-0.2, 0) is 0 Å². The third-order valence-electron chi connectivity index (χ3n) is 2.78. The molecule has 0 aliphatic carbocycles. The van der Waals surface area contributed by atoms with Crippen LogP contribution in [0.4, 0.5) is 4.39 Å². The summed E-state index contributed by atoms with van der Waals surface area (Å²) in [6, 6.07) is 6.14. The minimum absolute atomic E-state index is 0.200. The van der Waals surface area contributed by atoms with E-state index < -0.39 is 6.04 Å². The molecule has 1 unspecified atom stereocenters. The number of nitrogens with zero attached hydrogens (tertiary/aromatic N) is 2. The molecule has 0 bridgehead atoms. The third-order valence-corrected chi connectivity index (χ3v) is 3.39. The standard InChI is InChI=1S/C13H15BrFN3/c1-8(2)18-13(11(14)7-17-18)12(16)9-4-3-5-10(15)6-9/h3-8,12H,16H2,1-2H3. The van der Waals surface area contributed by atoms with Gasteiger partial charge in [-0.3, -0.25) is 4.68 Å². The Labute approximate surface area is 114 Å². The summed E-state index contributed by atoms with van der Waals surface area (Å²) in [6.07, 6.45) is 1.72. The molecule has 3 nitrogen and oxygen atoms in total. The van der Waals surface area contributed by atoms with Crippen molar-refractivity contribution < 1.29 is 4.39 Å². The van der Waals surface area contributed by atoms with Gasteiger partial charge in [-0.2, -0.15) is 5.10 Å². The van der Waals surface area contributed by atoms with Crippen molar-refractivity contribution >= 4 is 15.9 Å². The predicted molar refractivity (Wildman–Crippen MR) is 72.7 cm³/mol. The van der Waals surface area contributed by atoms with Crippen molar-refractivity contribution in [3.8, 4) is 0 Å². The topological polar surface area (TPSA) is 43.8 Å². The molecule has 0 saturated carbocycles. The molecule has 18 heavy (non-hydrogen) atoms. The Morgan fingerprint density at radius 1 is 1.39 bits per heavy atom. The zero-order chi connectivity index (χ0) is 13.3. The minimum Gasteiger partial charge on any atom is -0.319 e. The second kappa shape index (κ2) is 5.20. The number of benzene rings is 1. The van der Waals surface area contributed by atoms with E-state index >= 15 is 0 Å². The summed E-state index contributed by atoms with van der Waals surface area (Å²) in [5.74, 6) is -0.283. The lowest BCUT2D eigenvalue weighted by Crippen LogP contribution is -2.19. The van der Waals surface area contributed by atoms with Crippen molar-refractivity contribution in [1.82, 2.24) is 9.78 Å². The third kappa shape index (κ3) is 2.47. The van der Waals surface area contributed by atoms with E-state index in [-0.39, 0.29) is 11.9 Å². The van der Waals surface area contributed by atoms with Gasteiger partial charge in [0.1, 0.15) is 5.82 Å². The SMILES string of the molecule is CC(C)n1ncc(Br)c1C(N)c1cccc(F)c1. The fourth-order valence-electron chi connectivity index (χ4n) is 1.91. The smallest absolute Gasteiger partial charge is 0.123 e. The molecule has 5 heteroatoms. The van der Waals surface area contributed by atoms with Gasteiger partial charge >= 0.3 is 0 Å². The maximum absolute atomic E-state index is 13.2. The van der Waals surface area contributed by atoms with Gasteiger partial charge in [0, 0.05) is 6.04 Å². The molecule has 2 aromatic rings. The molecule has 1 aromatic heterocycles. The highest BCUT2D eigenvalue weighted by atomic mass is 79.9. The maximum atomic E-state index is 13.2. The van der Waals surface area contributed by atoms with Crippen LogP contribution in [0.5, 0.6) is 0 Å². The normalized spacial score (nSPS) is 13.0. The number of nitrogens with two attached hydrogens (primary N) is 1. The summed E-state index contributed by atoms with van der Waals surface area (Å²) in [5, 5.41) is 4.28. The highest BCUT2D eigenvalue weighted by Crippen LogP contribution is 2.28. The van der Waals surface area contributed by atoms with Gasteiger partial charge in [-0.15, -0.1) is 0 Å². The van der Waals surface area contributed by atoms with Crippen molar-refractivity contribution in [3.63, 3.8) is 0 Å². The lowest BCUT2D eigenvalue weighted by molar-refractivity contribution is 0.498. The molecule has 2 N–H and O–H groups in total. The van der Waals surface area contributed by atoms with Crippen molar-refractivity contribution in [2.75, 3.05) is 0 Å². The number of hydrogen-bond acceptors (Lipinski definition) is 2. The summed E-state index contributed by atoms with van der Waals surface area (Å²) in [4.78, 5) is 0. The average Bonchev–Trinajstić information content (AvgIpc) is 2.70. The Bertz CT molecular complexity index is 551. The van der Waals surface area contributed by atoms with Crippen LogP contribution >= 0.6 is 15.9 Å². The molecule has 0 aliphatic rings. The Hall–Kier alpha value is -1.20. The van der Waals surface area contributed by atoms with E-state index in [1.165, 1.54) is 12.1 Å². The van der Waals surface area contributed by atoms with Crippen LogP contribution in [-0.4, -0.2) is 9.78 Å². The molecular formula is C13H15BrFN3. The van der Waals surface area contributed by atoms with Crippen LogP contribution in [0, 0.1) is 5.82 Å². The van der Waals surface area contributed by atoms with Crippen LogP contribution in [0.25, 0.3) is 0 Å². The molecule has 2 rings (SSSR count). The highest BCUT2D eigenvalue weighted by Gasteiger charge is 2.19. The van der Waals surface area contributed by atoms with E-state index in [2.05, 4.69) is 21.0 Å². The first kappa shape index (κ1) is 13.2. The van der Waals surface area contributed by atoms with Crippen molar-refractivity contribution in [3.05, 3.63) is 52.0 Å². The van der Waals surface area contributed by atoms with Crippen LogP contribution in [0.15, 0.2) is 34.9 Å². The molecule has 0 radical (unpaired) electrons. The molecule has 0 amide bonds. The fourth-order valence-corrected chi connectivity index (χ4v) is 2.43. The molecule has 1 heterocycles. The maximum Gasteiger partial charge on any atom is 0.123 e. The van der Waals surface area contributed by atoms with E-state index in [1.54, 1.807) is 12.3 Å². The van der Waals surface area contributed by atoms with Crippen LogP contribution in [0.1, 0.15) is 37.2 Å². The first-order valence-corrected chi connectivity index (χ1v) is 6.54. The second-order valence-electron chi connectivity index (χ2n) is 4.45. The van der Waals surface area contributed by atoms with Gasteiger partial charge in [0.2, 0.25) is 0 Å². The monoisotopic (exact) mass is 311 g/mol. The molecule has 0 spiro atoms. The molecular weight excluding hydrogens is 297 g/mol. The summed E-state index contributed by atoms with van der Waals surface area (Å²) in [6.45, 7) is 4.06. The quantitative estimate of drug-likeness (QED) is 0.944. The summed E-state index contributed by atoms with van der Waals surface area (Å²) < 4.78 is 15.9. The molecule has 96 valence electrons. The zero-order valence-corrected chi connectivity index (χ0v) is 11.9. The summed E-state index contributed by atoms with van der Waals surface area (Å²) >= 11 is 3.44. The van der Waals surface area contributed by atoms with Gasteiger partial charge in [0.15, 0.2) is 0 Å². The van der Waals surface area contributed by atoms with Crippen LogP contribution in [0.2, 0.25) is 0 Å². The van der Waals surface area contributed by atoms with Gasteiger partial charge in [0.05, 0.1) is 22.4 Å². The predicted octanol–water partition coefficient (Wildman–Crippen LogP) is 3.41. The van der Waals surface area contributed by atoms with E-state index in [9.17, 15) is 4.39 Å². The van der Waals surface area contributed by atoms with Crippen LogP contribution < -0.4 is 5.73 Å². The number of aromatic nitrogens is 2. The second-order valence-corrected chi connectivity index (χ2v) is 5.30. The Morgan fingerprint density at radius 2 is 2.11 bits per heavy atom. The Morgan fingerprint density at radius 3 is 2.72 bits per heavy atom. The molecule has 0 fully saturated rings. The minimum atomic E-state index is -0.403. The average molecular weight is 312 g/mol. The highest BCUT2D eigenvalue weighted by molar-refractivity contribution is 9.10. The molecule has 0 saturated heterocycles. The number of rotatable bonds is 3. The first-order chi connectivity index (χ1) is 8.50. The summed E-state index contributed by atoms with van der Waals surface area (Å²) in [7, 11) is 0. The molecule has 1 aromatic carbocycles. The van der Waals surface area contributed by atoms with Crippen molar-refractivity contribution in [1.29, 1.82) is 0 Å². The fraction of sp³-hybridized carbons (Fsp3) is 0.308. The number of halogens is 2. The van der Waals surface area contributed by atoms with Crippen molar-refractivity contribution in [2.45, 2.75) is 25.9 Å². The van der Waals surface area contributed by atoms with Gasteiger partial charge in [-0.1, -0.05) is 12.1 Å². The van der Waals surface area contributed by atoms with Crippen molar-refractivity contribution in [2.24, 2.45) is 5.73 Å². The van der Waals surface area contributed by atoms with E-state index in [1.807, 2.05) is 24.6 Å². The first-order valence-electron chi connectivity index (χ1n) is 5.74. The van der Waals surface area contributed by atoms with Gasteiger partial charge in [-0.05, 0) is 47.5 Å². The lowest BCUT2D eigenvalue weighted by Gasteiger charge is -2.17. The largest absolute Gasteiger partial charge is 0.319 e. The number of hydrogen-bond donors (Lipinski definition) is 1. The van der Waals surface area contributed by atoms with E-state index in [0.29, 0.717) is 0 Å².